The van der Waals surface area contributed by atoms with Crippen molar-refractivity contribution < 1.29 is 9.53 Å². The molecule has 2 aliphatic heterocycles. The highest BCUT2D eigenvalue weighted by atomic mass is 16.6. The van der Waals surface area contributed by atoms with E-state index in [2.05, 4.69) is 12.2 Å². The van der Waals surface area contributed by atoms with Gasteiger partial charge in [-0.25, -0.2) is 4.79 Å². The molecule has 1 amide bonds. The third-order valence-corrected chi connectivity index (χ3v) is 3.56. The zero-order valence-corrected chi connectivity index (χ0v) is 9.37. The van der Waals surface area contributed by atoms with E-state index in [1.807, 2.05) is 4.90 Å². The Bertz CT molecular complexity index is 227. The first-order chi connectivity index (χ1) is 7.29. The number of ether oxygens (including phenoxy) is 1. The summed E-state index contributed by atoms with van der Waals surface area (Å²) in [5, 5.41) is 3.35. The van der Waals surface area contributed by atoms with E-state index in [9.17, 15) is 4.79 Å². The second-order valence-electron chi connectivity index (χ2n) is 4.49. The van der Waals surface area contributed by atoms with E-state index in [4.69, 9.17) is 4.74 Å². The number of hydrogen-bond acceptors (Lipinski definition) is 3. The Morgan fingerprint density at radius 3 is 2.87 bits per heavy atom. The number of rotatable bonds is 2. The summed E-state index contributed by atoms with van der Waals surface area (Å²) in [5.41, 5.74) is 0. The molecule has 2 rings (SSSR count). The number of piperidine rings is 1. The van der Waals surface area contributed by atoms with E-state index in [0.29, 0.717) is 18.6 Å². The largest absolute Gasteiger partial charge is 0.449 e. The van der Waals surface area contributed by atoms with Crippen LogP contribution in [0.1, 0.15) is 26.2 Å². The molecule has 0 bridgehead atoms. The van der Waals surface area contributed by atoms with Crippen LogP contribution in [0, 0.1) is 5.92 Å². The van der Waals surface area contributed by atoms with Gasteiger partial charge in [-0.1, -0.05) is 0 Å². The van der Waals surface area contributed by atoms with Gasteiger partial charge in [-0.15, -0.1) is 0 Å². The Hall–Kier alpha value is -0.770. The van der Waals surface area contributed by atoms with Crippen LogP contribution >= 0.6 is 0 Å². The molecular formula is C11H20N2O2. The molecule has 0 aliphatic carbocycles. The lowest BCUT2D eigenvalue weighted by molar-refractivity contribution is 0.0419. The molecule has 0 aromatic heterocycles. The number of nitrogens with one attached hydrogen (secondary N) is 1. The van der Waals surface area contributed by atoms with Gasteiger partial charge in [0.25, 0.3) is 0 Å². The summed E-state index contributed by atoms with van der Waals surface area (Å²) in [7, 11) is 0. The highest BCUT2D eigenvalue weighted by molar-refractivity contribution is 5.68. The molecule has 1 atom stereocenters. The molecule has 4 heteroatoms. The van der Waals surface area contributed by atoms with Crippen LogP contribution in [0.25, 0.3) is 0 Å². The average Bonchev–Trinajstić information content (AvgIpc) is 2.30. The fraction of sp³-hybridized carbons (Fsp3) is 0.909. The minimum atomic E-state index is -0.118. The molecule has 2 fully saturated rings. The SMILES string of the molecule is CC(C1CCNCC1)N1CCCOC1=O. The Kier molecular flexibility index (Phi) is 3.46. The minimum Gasteiger partial charge on any atom is -0.449 e. The predicted octanol–water partition coefficient (Wildman–Crippen LogP) is 1.22. The van der Waals surface area contributed by atoms with Gasteiger partial charge in [0.15, 0.2) is 0 Å². The van der Waals surface area contributed by atoms with Crippen molar-refractivity contribution in [2.75, 3.05) is 26.2 Å². The summed E-state index contributed by atoms with van der Waals surface area (Å²) in [4.78, 5) is 13.5. The molecule has 2 saturated heterocycles. The van der Waals surface area contributed by atoms with Crippen molar-refractivity contribution in [2.24, 2.45) is 5.92 Å². The second-order valence-corrected chi connectivity index (χ2v) is 4.49. The summed E-state index contributed by atoms with van der Waals surface area (Å²) in [5.74, 6) is 0.636. The third-order valence-electron chi connectivity index (χ3n) is 3.56. The quantitative estimate of drug-likeness (QED) is 0.748. The van der Waals surface area contributed by atoms with E-state index in [0.717, 1.165) is 26.1 Å². The summed E-state index contributed by atoms with van der Waals surface area (Å²) in [6.07, 6.45) is 3.20. The standard InChI is InChI=1S/C11H20N2O2/c1-9(10-3-5-12-6-4-10)13-7-2-8-15-11(13)14/h9-10,12H,2-8H2,1H3. The Balaban J connectivity index is 1.92. The number of nitrogens with zero attached hydrogens (tertiary/aromatic N) is 1. The topological polar surface area (TPSA) is 41.6 Å². The summed E-state index contributed by atoms with van der Waals surface area (Å²) in [6, 6.07) is 0.333. The summed E-state index contributed by atoms with van der Waals surface area (Å²) in [6.45, 7) is 5.77. The van der Waals surface area contributed by atoms with E-state index in [1.165, 1.54) is 12.8 Å². The van der Waals surface area contributed by atoms with Crippen molar-refractivity contribution in [2.45, 2.75) is 32.2 Å². The first-order valence-electron chi connectivity index (χ1n) is 5.93. The molecule has 15 heavy (non-hydrogen) atoms. The maximum Gasteiger partial charge on any atom is 0.410 e. The monoisotopic (exact) mass is 212 g/mol. The number of carbonyl (C=O) groups excluding carboxylic acids is 1. The lowest BCUT2D eigenvalue weighted by Crippen LogP contribution is -2.48. The molecule has 0 aromatic carbocycles. The first-order valence-corrected chi connectivity index (χ1v) is 5.93. The molecule has 86 valence electrons. The fourth-order valence-electron chi connectivity index (χ4n) is 2.52. The lowest BCUT2D eigenvalue weighted by atomic mass is 9.90. The van der Waals surface area contributed by atoms with Crippen LogP contribution in [0.2, 0.25) is 0 Å². The number of cyclic esters (lactones) is 1. The van der Waals surface area contributed by atoms with Crippen LogP contribution in [-0.2, 0) is 4.74 Å². The van der Waals surface area contributed by atoms with Crippen molar-refractivity contribution >= 4 is 6.09 Å². The van der Waals surface area contributed by atoms with E-state index in [-0.39, 0.29) is 6.09 Å². The van der Waals surface area contributed by atoms with Gasteiger partial charge in [0.1, 0.15) is 0 Å². The Morgan fingerprint density at radius 2 is 2.20 bits per heavy atom. The third kappa shape index (κ3) is 2.43. The molecule has 0 aromatic rings. The van der Waals surface area contributed by atoms with Crippen LogP contribution in [0.4, 0.5) is 4.79 Å². The van der Waals surface area contributed by atoms with E-state index < -0.39 is 0 Å². The number of amides is 1. The number of carbonyl (C=O) groups is 1. The van der Waals surface area contributed by atoms with Crippen LogP contribution in [0.5, 0.6) is 0 Å². The van der Waals surface area contributed by atoms with Crippen LogP contribution in [0.3, 0.4) is 0 Å². The molecule has 0 spiro atoms. The molecule has 4 nitrogen and oxygen atoms in total. The maximum absolute atomic E-state index is 11.6. The molecule has 1 unspecified atom stereocenters. The first kappa shape index (κ1) is 10.7. The maximum atomic E-state index is 11.6. The van der Waals surface area contributed by atoms with Crippen LogP contribution < -0.4 is 5.32 Å². The van der Waals surface area contributed by atoms with Crippen molar-refractivity contribution in [3.8, 4) is 0 Å². The smallest absolute Gasteiger partial charge is 0.410 e. The summed E-state index contributed by atoms with van der Waals surface area (Å²) >= 11 is 0. The van der Waals surface area contributed by atoms with E-state index in [1.54, 1.807) is 0 Å². The average molecular weight is 212 g/mol. The van der Waals surface area contributed by atoms with Crippen molar-refractivity contribution in [3.05, 3.63) is 0 Å². The summed E-state index contributed by atoms with van der Waals surface area (Å²) < 4.78 is 5.07. The number of hydrogen-bond donors (Lipinski definition) is 1. The molecule has 1 N–H and O–H groups in total. The van der Waals surface area contributed by atoms with Crippen molar-refractivity contribution in [1.29, 1.82) is 0 Å². The molecule has 2 heterocycles. The highest BCUT2D eigenvalue weighted by Gasteiger charge is 2.30. The second kappa shape index (κ2) is 4.84. The van der Waals surface area contributed by atoms with Crippen molar-refractivity contribution in [1.82, 2.24) is 10.2 Å². The van der Waals surface area contributed by atoms with Gasteiger partial charge in [-0.2, -0.15) is 0 Å². The van der Waals surface area contributed by atoms with Gasteiger partial charge in [-0.05, 0) is 45.2 Å². The van der Waals surface area contributed by atoms with Gasteiger partial charge in [-0.3, -0.25) is 0 Å². The van der Waals surface area contributed by atoms with Gasteiger partial charge in [0, 0.05) is 12.6 Å². The Labute approximate surface area is 91.0 Å². The van der Waals surface area contributed by atoms with Gasteiger partial charge >= 0.3 is 6.09 Å². The van der Waals surface area contributed by atoms with Crippen LogP contribution in [0.15, 0.2) is 0 Å². The predicted molar refractivity (Wildman–Crippen MR) is 57.7 cm³/mol. The van der Waals surface area contributed by atoms with Gasteiger partial charge < -0.3 is 15.0 Å². The lowest BCUT2D eigenvalue weighted by Gasteiger charge is -2.38. The highest BCUT2D eigenvalue weighted by Crippen LogP contribution is 2.22. The van der Waals surface area contributed by atoms with E-state index >= 15 is 0 Å². The molecule has 0 radical (unpaired) electrons. The fourth-order valence-corrected chi connectivity index (χ4v) is 2.52. The van der Waals surface area contributed by atoms with Gasteiger partial charge in [0.2, 0.25) is 0 Å². The molecule has 2 aliphatic rings. The zero-order chi connectivity index (χ0) is 10.7. The normalized spacial score (nSPS) is 26.2. The minimum absolute atomic E-state index is 0.118. The zero-order valence-electron chi connectivity index (χ0n) is 9.37. The van der Waals surface area contributed by atoms with Crippen molar-refractivity contribution in [3.63, 3.8) is 0 Å². The molecular weight excluding hydrogens is 192 g/mol. The molecule has 0 saturated carbocycles. The Morgan fingerprint density at radius 1 is 1.47 bits per heavy atom. The van der Waals surface area contributed by atoms with Gasteiger partial charge in [0.05, 0.1) is 6.61 Å². The van der Waals surface area contributed by atoms with Crippen LogP contribution in [-0.4, -0.2) is 43.3 Å².